The molecule has 0 saturated heterocycles. The van der Waals surface area contributed by atoms with Crippen molar-refractivity contribution >= 4 is 5.78 Å². The molecule has 3 atom stereocenters. The Morgan fingerprint density at radius 3 is 2.55 bits per heavy atom. The predicted molar refractivity (Wildman–Crippen MR) is 86.4 cm³/mol. The molecule has 0 unspecified atom stereocenters. The number of benzene rings is 1. The second-order valence-electron chi connectivity index (χ2n) is 7.84. The van der Waals surface area contributed by atoms with Crippen molar-refractivity contribution in [3.8, 4) is 0 Å². The molecule has 1 aromatic rings. The highest BCUT2D eigenvalue weighted by Crippen LogP contribution is 2.57. The van der Waals surface area contributed by atoms with Crippen LogP contribution in [0, 0.1) is 11.3 Å². The summed E-state index contributed by atoms with van der Waals surface area (Å²) in [6.45, 7) is 6.42. The standard InChI is InChI=1S/C20H22O2/c1-19(2)11-15(21)17-16(12-19)22-20(3)10-9-14(18(17)20)13-7-5-4-6-8-13/h4-10,14,18H,11-12H2,1-3H3/t14-,18+,20+/m0/s1. The van der Waals surface area contributed by atoms with Crippen LogP contribution in [-0.4, -0.2) is 11.4 Å². The number of allylic oxidation sites excluding steroid dienone is 2. The monoisotopic (exact) mass is 294 g/mol. The van der Waals surface area contributed by atoms with E-state index in [4.69, 9.17) is 4.74 Å². The molecule has 2 aliphatic carbocycles. The fourth-order valence-corrected chi connectivity index (χ4v) is 4.39. The summed E-state index contributed by atoms with van der Waals surface area (Å²) in [7, 11) is 0. The van der Waals surface area contributed by atoms with Gasteiger partial charge < -0.3 is 4.74 Å². The molecule has 0 bridgehead atoms. The Kier molecular flexibility index (Phi) is 2.73. The van der Waals surface area contributed by atoms with Crippen molar-refractivity contribution in [3.05, 3.63) is 59.4 Å². The van der Waals surface area contributed by atoms with Crippen LogP contribution >= 0.6 is 0 Å². The van der Waals surface area contributed by atoms with E-state index in [1.807, 2.05) is 6.07 Å². The van der Waals surface area contributed by atoms with E-state index < -0.39 is 0 Å². The van der Waals surface area contributed by atoms with Crippen LogP contribution in [0.1, 0.15) is 45.1 Å². The maximum absolute atomic E-state index is 12.8. The smallest absolute Gasteiger partial charge is 0.163 e. The number of ether oxygens (including phenoxy) is 1. The summed E-state index contributed by atoms with van der Waals surface area (Å²) in [5.74, 6) is 1.60. The molecular weight excluding hydrogens is 272 g/mol. The highest BCUT2D eigenvalue weighted by molar-refractivity contribution is 5.99. The number of hydrogen-bond acceptors (Lipinski definition) is 2. The van der Waals surface area contributed by atoms with Gasteiger partial charge in [-0.3, -0.25) is 4.79 Å². The SMILES string of the molecule is CC1(C)CC(=O)C2=C(C1)O[C@]1(C)C=C[C@@H](c3ccccc3)[C@H]21. The lowest BCUT2D eigenvalue weighted by atomic mass is 9.70. The first-order valence-corrected chi connectivity index (χ1v) is 8.09. The Balaban J connectivity index is 1.78. The quantitative estimate of drug-likeness (QED) is 0.718. The van der Waals surface area contributed by atoms with E-state index in [9.17, 15) is 4.79 Å². The highest BCUT2D eigenvalue weighted by Gasteiger charge is 2.55. The number of carbonyl (C=O) groups excluding carboxylic acids is 1. The van der Waals surface area contributed by atoms with Crippen LogP contribution in [0.15, 0.2) is 53.8 Å². The Morgan fingerprint density at radius 1 is 1.09 bits per heavy atom. The Bertz CT molecular complexity index is 696. The van der Waals surface area contributed by atoms with Gasteiger partial charge in [-0.15, -0.1) is 0 Å². The molecule has 1 heterocycles. The number of hydrogen-bond donors (Lipinski definition) is 0. The van der Waals surface area contributed by atoms with Crippen molar-refractivity contribution in [1.82, 2.24) is 0 Å². The molecule has 114 valence electrons. The summed E-state index contributed by atoms with van der Waals surface area (Å²) in [4.78, 5) is 12.8. The van der Waals surface area contributed by atoms with Gasteiger partial charge >= 0.3 is 0 Å². The molecule has 0 saturated carbocycles. The number of Topliss-reactive ketones (excluding diaryl/α,β-unsaturated/α-hetero) is 1. The van der Waals surface area contributed by atoms with Gasteiger partial charge in [-0.25, -0.2) is 0 Å². The average Bonchev–Trinajstić information content (AvgIpc) is 2.89. The first kappa shape index (κ1) is 13.8. The summed E-state index contributed by atoms with van der Waals surface area (Å²) < 4.78 is 6.31. The van der Waals surface area contributed by atoms with E-state index in [0.29, 0.717) is 6.42 Å². The highest BCUT2D eigenvalue weighted by atomic mass is 16.5. The minimum absolute atomic E-state index is 0.0108. The lowest BCUT2D eigenvalue weighted by Gasteiger charge is -2.30. The molecule has 2 nitrogen and oxygen atoms in total. The first-order chi connectivity index (χ1) is 10.4. The molecule has 0 amide bonds. The zero-order valence-corrected chi connectivity index (χ0v) is 13.4. The molecule has 22 heavy (non-hydrogen) atoms. The molecule has 4 rings (SSSR count). The molecule has 0 fully saturated rings. The number of fused-ring (bicyclic) bond motifs is 2. The number of rotatable bonds is 1. The van der Waals surface area contributed by atoms with Gasteiger partial charge in [0.15, 0.2) is 5.78 Å². The first-order valence-electron chi connectivity index (χ1n) is 8.09. The third kappa shape index (κ3) is 1.89. The molecule has 1 aromatic carbocycles. The van der Waals surface area contributed by atoms with E-state index in [1.165, 1.54) is 5.56 Å². The maximum Gasteiger partial charge on any atom is 0.163 e. The molecule has 2 heteroatoms. The van der Waals surface area contributed by atoms with Gasteiger partial charge in [-0.2, -0.15) is 0 Å². The third-order valence-corrected chi connectivity index (χ3v) is 5.33. The molecule has 0 spiro atoms. The van der Waals surface area contributed by atoms with Gasteiger partial charge in [0, 0.05) is 30.3 Å². The minimum Gasteiger partial charge on any atom is -0.487 e. The van der Waals surface area contributed by atoms with Crippen LogP contribution in [0.4, 0.5) is 0 Å². The zero-order chi connectivity index (χ0) is 15.5. The molecular formula is C20H22O2. The molecule has 0 N–H and O–H groups in total. The molecule has 1 aliphatic heterocycles. The van der Waals surface area contributed by atoms with Crippen molar-refractivity contribution in [2.45, 2.75) is 45.1 Å². The van der Waals surface area contributed by atoms with Crippen LogP contribution in [0.3, 0.4) is 0 Å². The van der Waals surface area contributed by atoms with E-state index in [-0.39, 0.29) is 28.6 Å². The van der Waals surface area contributed by atoms with Crippen molar-refractivity contribution in [2.24, 2.45) is 11.3 Å². The Hall–Kier alpha value is -1.83. The fourth-order valence-electron chi connectivity index (χ4n) is 4.39. The fraction of sp³-hybridized carbons (Fsp3) is 0.450. The molecule has 0 radical (unpaired) electrons. The van der Waals surface area contributed by atoms with E-state index >= 15 is 0 Å². The summed E-state index contributed by atoms with van der Waals surface area (Å²) in [5.41, 5.74) is 1.88. The Morgan fingerprint density at radius 2 is 1.82 bits per heavy atom. The molecule has 3 aliphatic rings. The summed E-state index contributed by atoms with van der Waals surface area (Å²) >= 11 is 0. The number of ketones is 1. The van der Waals surface area contributed by atoms with Crippen LogP contribution in [0.2, 0.25) is 0 Å². The van der Waals surface area contributed by atoms with Gasteiger partial charge in [0.25, 0.3) is 0 Å². The van der Waals surface area contributed by atoms with Crippen LogP contribution in [0.25, 0.3) is 0 Å². The second-order valence-corrected chi connectivity index (χ2v) is 7.84. The third-order valence-electron chi connectivity index (χ3n) is 5.33. The van der Waals surface area contributed by atoms with Gasteiger partial charge in [-0.1, -0.05) is 50.3 Å². The van der Waals surface area contributed by atoms with Crippen molar-refractivity contribution < 1.29 is 9.53 Å². The lowest BCUT2D eigenvalue weighted by molar-refractivity contribution is -0.118. The normalized spacial score (nSPS) is 35.3. The van der Waals surface area contributed by atoms with Crippen LogP contribution < -0.4 is 0 Å². The summed E-state index contributed by atoms with van der Waals surface area (Å²) in [5, 5.41) is 0. The van der Waals surface area contributed by atoms with E-state index in [2.05, 4.69) is 57.2 Å². The lowest BCUT2D eigenvalue weighted by Crippen LogP contribution is -2.32. The predicted octanol–water partition coefficient (Wildman–Crippen LogP) is 4.39. The van der Waals surface area contributed by atoms with Crippen molar-refractivity contribution in [1.29, 1.82) is 0 Å². The molecule has 0 aromatic heterocycles. The minimum atomic E-state index is -0.360. The Labute approximate surface area is 131 Å². The van der Waals surface area contributed by atoms with Crippen LogP contribution in [-0.2, 0) is 9.53 Å². The van der Waals surface area contributed by atoms with Gasteiger partial charge in [0.05, 0.1) is 0 Å². The van der Waals surface area contributed by atoms with Crippen LogP contribution in [0.5, 0.6) is 0 Å². The van der Waals surface area contributed by atoms with Gasteiger partial charge in [0.2, 0.25) is 0 Å². The maximum atomic E-state index is 12.8. The van der Waals surface area contributed by atoms with Crippen molar-refractivity contribution in [3.63, 3.8) is 0 Å². The second kappa shape index (κ2) is 4.34. The topological polar surface area (TPSA) is 26.3 Å². The summed E-state index contributed by atoms with van der Waals surface area (Å²) in [6.07, 6.45) is 5.88. The summed E-state index contributed by atoms with van der Waals surface area (Å²) in [6, 6.07) is 10.5. The average molecular weight is 294 g/mol. The zero-order valence-electron chi connectivity index (χ0n) is 13.4. The van der Waals surface area contributed by atoms with Gasteiger partial charge in [0.1, 0.15) is 11.4 Å². The van der Waals surface area contributed by atoms with E-state index in [0.717, 1.165) is 17.8 Å². The van der Waals surface area contributed by atoms with Gasteiger partial charge in [-0.05, 0) is 24.0 Å². The van der Waals surface area contributed by atoms with Crippen molar-refractivity contribution in [2.75, 3.05) is 0 Å². The van der Waals surface area contributed by atoms with E-state index in [1.54, 1.807) is 0 Å². The number of carbonyl (C=O) groups is 1. The largest absolute Gasteiger partial charge is 0.487 e.